The number of aliphatic hydroxyl groups excluding tert-OH is 3. The summed E-state index contributed by atoms with van der Waals surface area (Å²) in [6.07, 6.45) is -0.321. The molecule has 0 bridgehead atoms. The first kappa shape index (κ1) is 23.4. The van der Waals surface area contributed by atoms with Gasteiger partial charge in [-0.1, -0.05) is 66.8 Å². The molecule has 2 aromatic rings. The van der Waals surface area contributed by atoms with Gasteiger partial charge in [-0.25, -0.2) is 4.79 Å². The van der Waals surface area contributed by atoms with E-state index in [2.05, 4.69) is 42.5 Å². The molecule has 1 saturated heterocycles. The summed E-state index contributed by atoms with van der Waals surface area (Å²) < 4.78 is 5.68. The summed E-state index contributed by atoms with van der Waals surface area (Å²) in [5, 5.41) is 40.1. The lowest BCUT2D eigenvalue weighted by atomic mass is 9.92. The topological polar surface area (TPSA) is 107 Å². The number of carboxylic acids is 1. The summed E-state index contributed by atoms with van der Waals surface area (Å²) in [5.41, 5.74) is 5.61. The number of aliphatic hydroxyl groups is 3. The van der Waals surface area contributed by atoms with E-state index in [1.54, 1.807) is 0 Å². The fourth-order valence-corrected chi connectivity index (χ4v) is 4.63. The van der Waals surface area contributed by atoms with E-state index in [0.717, 1.165) is 27.8 Å². The molecular formula is C26H30NO6+. The monoisotopic (exact) mass is 452 g/mol. The average Bonchev–Trinajstić information content (AvgIpc) is 2.94. The smallest absolute Gasteiger partial charge is 0.335 e. The Morgan fingerprint density at radius 1 is 0.909 bits per heavy atom. The van der Waals surface area contributed by atoms with Crippen molar-refractivity contribution in [1.82, 2.24) is 0 Å². The van der Waals surface area contributed by atoms with Gasteiger partial charge < -0.3 is 29.6 Å². The minimum Gasteiger partial charge on any atom is -0.479 e. The fourth-order valence-electron chi connectivity index (χ4n) is 4.63. The van der Waals surface area contributed by atoms with Gasteiger partial charge in [-0.15, -0.1) is 0 Å². The Bertz CT molecular complexity index is 1040. The van der Waals surface area contributed by atoms with Crippen LogP contribution in [-0.4, -0.2) is 82.2 Å². The van der Waals surface area contributed by atoms with Crippen LogP contribution in [0.4, 0.5) is 0 Å². The van der Waals surface area contributed by atoms with Crippen molar-refractivity contribution in [3.05, 3.63) is 76.9 Å². The normalized spacial score (nSPS) is 26.8. The number of aliphatic carboxylic acids is 1. The molecule has 1 heterocycles. The number of fused-ring (bicyclic) bond motifs is 2. The third kappa shape index (κ3) is 4.51. The summed E-state index contributed by atoms with van der Waals surface area (Å²) in [7, 11) is 3.62. The van der Waals surface area contributed by atoms with Gasteiger partial charge in [-0.05, 0) is 27.8 Å². The van der Waals surface area contributed by atoms with E-state index in [1.807, 2.05) is 38.4 Å². The lowest BCUT2D eigenvalue weighted by Gasteiger charge is -2.46. The van der Waals surface area contributed by atoms with E-state index in [0.29, 0.717) is 13.0 Å². The van der Waals surface area contributed by atoms with Crippen LogP contribution >= 0.6 is 0 Å². The predicted octanol–water partition coefficient (Wildman–Crippen LogP) is 1.96. The fraction of sp³-hybridized carbons (Fsp3) is 0.346. The zero-order valence-electron chi connectivity index (χ0n) is 18.7. The third-order valence-electron chi connectivity index (χ3n) is 6.52. The summed E-state index contributed by atoms with van der Waals surface area (Å²) in [6, 6.07) is 16.4. The molecule has 0 aromatic heterocycles. The van der Waals surface area contributed by atoms with Crippen LogP contribution in [0.5, 0.6) is 0 Å². The molecule has 1 unspecified atom stereocenters. The molecule has 1 aliphatic carbocycles. The van der Waals surface area contributed by atoms with Gasteiger partial charge in [-0.3, -0.25) is 0 Å². The molecule has 0 amide bonds. The van der Waals surface area contributed by atoms with Gasteiger partial charge in [-0.2, -0.15) is 0 Å². The van der Waals surface area contributed by atoms with Crippen LogP contribution in [0.2, 0.25) is 0 Å². The zero-order chi connectivity index (χ0) is 23.8. The maximum Gasteiger partial charge on any atom is 0.335 e. The number of carbonyl (C=O) groups is 1. The highest BCUT2D eigenvalue weighted by Crippen LogP contribution is 2.34. The van der Waals surface area contributed by atoms with Crippen molar-refractivity contribution >= 4 is 23.7 Å². The van der Waals surface area contributed by atoms with E-state index in [-0.39, 0.29) is 4.48 Å². The lowest BCUT2D eigenvalue weighted by Crippen LogP contribution is -2.68. The molecule has 0 spiro atoms. The van der Waals surface area contributed by atoms with E-state index in [1.165, 1.54) is 0 Å². The second kappa shape index (κ2) is 9.21. The number of hydrogen-bond donors (Lipinski definition) is 4. The molecule has 5 atom stereocenters. The highest BCUT2D eigenvalue weighted by atomic mass is 16.6. The molecule has 174 valence electrons. The van der Waals surface area contributed by atoms with Crippen molar-refractivity contribution in [2.75, 3.05) is 20.6 Å². The van der Waals surface area contributed by atoms with Crippen LogP contribution in [0.25, 0.3) is 17.7 Å². The number of rotatable bonds is 5. The molecule has 4 rings (SSSR count). The SMILES string of the molecule is C[N+](C)(CCC=C1c2ccccc2C=Cc2ccccc21)[C@H]1OC(C(=O)O)[C@H](O)[C@@H](O)[C@H]1O. The number of benzene rings is 2. The molecule has 7 heteroatoms. The van der Waals surface area contributed by atoms with Crippen LogP contribution < -0.4 is 0 Å². The Kier molecular flexibility index (Phi) is 6.52. The number of ether oxygens (including phenoxy) is 1. The van der Waals surface area contributed by atoms with Crippen LogP contribution in [0.15, 0.2) is 54.6 Å². The maximum absolute atomic E-state index is 11.5. The van der Waals surface area contributed by atoms with Gasteiger partial charge in [0.15, 0.2) is 12.2 Å². The molecule has 1 fully saturated rings. The second-order valence-electron chi connectivity index (χ2n) is 9.17. The summed E-state index contributed by atoms with van der Waals surface area (Å²) in [4.78, 5) is 11.5. The van der Waals surface area contributed by atoms with Crippen molar-refractivity contribution in [2.45, 2.75) is 37.1 Å². The Balaban J connectivity index is 1.60. The van der Waals surface area contributed by atoms with Crippen LogP contribution in [-0.2, 0) is 9.53 Å². The molecule has 7 nitrogen and oxygen atoms in total. The predicted molar refractivity (Wildman–Crippen MR) is 125 cm³/mol. The number of quaternary nitrogens is 1. The highest BCUT2D eigenvalue weighted by molar-refractivity contribution is 5.93. The van der Waals surface area contributed by atoms with E-state index in [9.17, 15) is 25.2 Å². The molecule has 2 aromatic carbocycles. The van der Waals surface area contributed by atoms with Crippen molar-refractivity contribution in [3.8, 4) is 0 Å². The van der Waals surface area contributed by atoms with Crippen LogP contribution in [0.3, 0.4) is 0 Å². The first-order valence-electron chi connectivity index (χ1n) is 11.0. The Morgan fingerprint density at radius 2 is 1.45 bits per heavy atom. The minimum atomic E-state index is -1.69. The first-order chi connectivity index (χ1) is 15.7. The van der Waals surface area contributed by atoms with E-state index in [4.69, 9.17) is 4.74 Å². The number of likely N-dealkylation sites (N-methyl/N-ethyl adjacent to an activating group) is 1. The lowest BCUT2D eigenvalue weighted by molar-refractivity contribution is -0.944. The summed E-state index contributed by atoms with van der Waals surface area (Å²) >= 11 is 0. The van der Waals surface area contributed by atoms with Gasteiger partial charge in [0.05, 0.1) is 20.6 Å². The Hall–Kier alpha value is -2.81. The zero-order valence-corrected chi connectivity index (χ0v) is 18.7. The molecule has 1 aliphatic heterocycles. The highest BCUT2D eigenvalue weighted by Gasteiger charge is 2.52. The largest absolute Gasteiger partial charge is 0.479 e. The molecule has 0 radical (unpaired) electrons. The molecule has 2 aliphatic rings. The minimum absolute atomic E-state index is 0.111. The average molecular weight is 453 g/mol. The number of hydrogen-bond acceptors (Lipinski definition) is 5. The molecule has 0 saturated carbocycles. The maximum atomic E-state index is 11.5. The van der Waals surface area contributed by atoms with Gasteiger partial charge >= 0.3 is 5.97 Å². The first-order valence-corrected chi connectivity index (χ1v) is 11.0. The Morgan fingerprint density at radius 3 is 2.00 bits per heavy atom. The summed E-state index contributed by atoms with van der Waals surface area (Å²) in [6.45, 7) is 0.512. The van der Waals surface area contributed by atoms with Crippen molar-refractivity contribution in [1.29, 1.82) is 0 Å². The molecule has 33 heavy (non-hydrogen) atoms. The van der Waals surface area contributed by atoms with Crippen LogP contribution in [0, 0.1) is 0 Å². The van der Waals surface area contributed by atoms with Crippen molar-refractivity contribution in [2.24, 2.45) is 0 Å². The van der Waals surface area contributed by atoms with E-state index >= 15 is 0 Å². The second-order valence-corrected chi connectivity index (χ2v) is 9.17. The number of carboxylic acid groups (broad SMARTS) is 1. The Labute approximate surface area is 193 Å². The molecule has 4 N–H and O–H groups in total. The van der Waals surface area contributed by atoms with Gasteiger partial charge in [0, 0.05) is 6.42 Å². The van der Waals surface area contributed by atoms with Crippen molar-refractivity contribution in [3.63, 3.8) is 0 Å². The van der Waals surface area contributed by atoms with Gasteiger partial charge in [0.2, 0.25) is 6.23 Å². The molecular weight excluding hydrogens is 422 g/mol. The van der Waals surface area contributed by atoms with Gasteiger partial charge in [0.1, 0.15) is 12.2 Å². The van der Waals surface area contributed by atoms with Gasteiger partial charge in [0.25, 0.3) is 0 Å². The third-order valence-corrected chi connectivity index (χ3v) is 6.52. The van der Waals surface area contributed by atoms with E-state index < -0.39 is 36.6 Å². The van der Waals surface area contributed by atoms with Crippen molar-refractivity contribution < 1.29 is 34.4 Å². The standard InChI is InChI=1S/C26H29NO6/c1-27(2,25-23(30)21(28)22(29)24(33-25)26(31)32)15-7-12-20-18-10-5-3-8-16(18)13-14-17-9-4-6-11-19(17)20/h3-6,8-14,21-25,28-30H,7,15H2,1-2H3/p+1/t21-,22-,23-,24?,25+/m1/s1. The quantitative estimate of drug-likeness (QED) is 0.441. The summed E-state index contributed by atoms with van der Waals surface area (Å²) in [5.74, 6) is -1.38. The van der Waals surface area contributed by atoms with Crippen LogP contribution in [0.1, 0.15) is 28.7 Å². The number of nitrogens with zero attached hydrogens (tertiary/aromatic N) is 1.